The topological polar surface area (TPSA) is 37.3 Å². The molecule has 0 spiro atoms. The Morgan fingerprint density at radius 3 is 1.60 bits per heavy atom. The molecule has 0 atom stereocenters. The number of rotatable bonds is 0. The third-order valence-electron chi connectivity index (χ3n) is 0. The standard InChI is InChI=1S/CH2O2.ClH.K/c2-1-3;;/h1H,(H,2,3);1H;/q;;+1/p-1. The predicted octanol–water partition coefficient (Wildman–Crippen LogP) is -6.29. The molecule has 0 rings (SSSR count). The van der Waals surface area contributed by atoms with Crippen LogP contribution in [0.2, 0.25) is 0 Å². The number of halogens is 1. The van der Waals surface area contributed by atoms with Crippen LogP contribution in [0.3, 0.4) is 0 Å². The molecule has 0 fully saturated rings. The van der Waals surface area contributed by atoms with E-state index in [1.807, 2.05) is 0 Å². The maximum atomic E-state index is 8.36. The molecule has 2 nitrogen and oxygen atoms in total. The van der Waals surface area contributed by atoms with E-state index in [-0.39, 0.29) is 70.3 Å². The van der Waals surface area contributed by atoms with Gasteiger partial charge in [0.2, 0.25) is 0 Å². The summed E-state index contributed by atoms with van der Waals surface area (Å²) in [7, 11) is 0. The van der Waals surface area contributed by atoms with Crippen molar-refractivity contribution >= 4 is 6.47 Å². The molecule has 0 aliphatic carbocycles. The molecule has 0 heterocycles. The monoisotopic (exact) mass is 120 g/mol. The smallest absolute Gasteiger partial charge is 1.00 e. The Bertz CT molecular complexity index is 17.1. The molecule has 0 aromatic rings. The van der Waals surface area contributed by atoms with Crippen LogP contribution >= 0.6 is 0 Å². The van der Waals surface area contributed by atoms with Crippen molar-refractivity contribution in [1.29, 1.82) is 0 Å². The van der Waals surface area contributed by atoms with Gasteiger partial charge in [0.15, 0.2) is 0 Å². The van der Waals surface area contributed by atoms with Crippen molar-refractivity contribution in [2.75, 3.05) is 0 Å². The fourth-order valence-electron chi connectivity index (χ4n) is 0. The van der Waals surface area contributed by atoms with Crippen LogP contribution in [0.15, 0.2) is 0 Å². The average molecular weight is 121 g/mol. The minimum absolute atomic E-state index is 0. The Morgan fingerprint density at radius 1 is 1.60 bits per heavy atom. The molecule has 26 valence electrons. The molecule has 0 amide bonds. The summed E-state index contributed by atoms with van der Waals surface area (Å²) in [5, 5.41) is 6.89. The second-order valence-electron chi connectivity index (χ2n) is 0.105. The molecule has 0 radical (unpaired) electrons. The maximum absolute atomic E-state index is 8.36. The first-order valence-electron chi connectivity index (χ1n) is 0.494. The maximum Gasteiger partial charge on any atom is 1.00 e. The second-order valence-corrected chi connectivity index (χ2v) is 0.105. The van der Waals surface area contributed by atoms with Crippen LogP contribution < -0.4 is 63.8 Å². The summed E-state index contributed by atoms with van der Waals surface area (Å²) in [5.74, 6) is 0. The normalized spacial score (nSPS) is 2.40. The van der Waals surface area contributed by atoms with Gasteiger partial charge in [-0.15, -0.1) is 0 Å². The van der Waals surface area contributed by atoms with E-state index >= 15 is 0 Å². The van der Waals surface area contributed by atoms with Gasteiger partial charge in [-0.2, -0.15) is 0 Å². The SMILES string of the molecule is O=CO.[Cl-].[K+]. The summed E-state index contributed by atoms with van der Waals surface area (Å²) in [6.45, 7) is -0.250. The van der Waals surface area contributed by atoms with E-state index in [1.165, 1.54) is 0 Å². The van der Waals surface area contributed by atoms with Gasteiger partial charge in [-0.1, -0.05) is 0 Å². The third kappa shape index (κ3) is 31.9. The van der Waals surface area contributed by atoms with E-state index in [2.05, 4.69) is 0 Å². The fraction of sp³-hybridized carbons (Fsp3) is 0. The van der Waals surface area contributed by atoms with E-state index in [4.69, 9.17) is 9.90 Å². The number of carboxylic acid groups (broad SMARTS) is 1. The van der Waals surface area contributed by atoms with Crippen LogP contribution in [0.1, 0.15) is 0 Å². The molecule has 0 unspecified atom stereocenters. The average Bonchev–Trinajstić information content (AvgIpc) is 0.918. The molecule has 0 bridgehead atoms. The van der Waals surface area contributed by atoms with Gasteiger partial charge < -0.3 is 17.5 Å². The fourth-order valence-corrected chi connectivity index (χ4v) is 0. The first kappa shape index (κ1) is 16.1. The minimum atomic E-state index is -0.250. The van der Waals surface area contributed by atoms with E-state index in [1.54, 1.807) is 0 Å². The zero-order valence-corrected chi connectivity index (χ0v) is 6.69. The number of hydrogen-bond donors (Lipinski definition) is 1. The first-order chi connectivity index (χ1) is 1.41. The van der Waals surface area contributed by atoms with Crippen molar-refractivity contribution in [2.45, 2.75) is 0 Å². The predicted molar refractivity (Wildman–Crippen MR) is 8.69 cm³/mol. The van der Waals surface area contributed by atoms with Gasteiger partial charge in [0.25, 0.3) is 6.47 Å². The van der Waals surface area contributed by atoms with Crippen molar-refractivity contribution in [3.8, 4) is 0 Å². The molecule has 0 aromatic carbocycles. The van der Waals surface area contributed by atoms with Gasteiger partial charge in [0, 0.05) is 0 Å². The van der Waals surface area contributed by atoms with Crippen LogP contribution in [0.5, 0.6) is 0 Å². The van der Waals surface area contributed by atoms with Crippen molar-refractivity contribution in [3.05, 3.63) is 0 Å². The molecule has 4 heteroatoms. The molecular formula is CH2ClKO2. The Labute approximate surface area is 78.8 Å². The van der Waals surface area contributed by atoms with Gasteiger partial charge in [-0.05, 0) is 0 Å². The van der Waals surface area contributed by atoms with E-state index in [0.717, 1.165) is 0 Å². The van der Waals surface area contributed by atoms with Gasteiger partial charge in [0.1, 0.15) is 0 Å². The molecule has 0 aliphatic rings. The minimum Gasteiger partial charge on any atom is -1.00 e. The zero-order valence-electron chi connectivity index (χ0n) is 2.81. The van der Waals surface area contributed by atoms with Crippen LogP contribution in [-0.2, 0) is 4.79 Å². The van der Waals surface area contributed by atoms with Crippen molar-refractivity contribution in [3.63, 3.8) is 0 Å². The first-order valence-corrected chi connectivity index (χ1v) is 0.494. The van der Waals surface area contributed by atoms with Crippen LogP contribution in [0.25, 0.3) is 0 Å². The molecule has 5 heavy (non-hydrogen) atoms. The summed E-state index contributed by atoms with van der Waals surface area (Å²) in [4.78, 5) is 8.36. The third-order valence-corrected chi connectivity index (χ3v) is 0. The molecule has 0 aliphatic heterocycles. The van der Waals surface area contributed by atoms with Gasteiger partial charge in [-0.3, -0.25) is 4.79 Å². The molecule has 0 aromatic heterocycles. The van der Waals surface area contributed by atoms with Crippen molar-refractivity contribution in [2.24, 2.45) is 0 Å². The van der Waals surface area contributed by atoms with Crippen LogP contribution in [0, 0.1) is 0 Å². The summed E-state index contributed by atoms with van der Waals surface area (Å²) < 4.78 is 0. The quantitative estimate of drug-likeness (QED) is 0.255. The van der Waals surface area contributed by atoms with E-state index < -0.39 is 0 Å². The number of hydrogen-bond acceptors (Lipinski definition) is 1. The van der Waals surface area contributed by atoms with Crippen LogP contribution in [0.4, 0.5) is 0 Å². The molecule has 0 saturated carbocycles. The summed E-state index contributed by atoms with van der Waals surface area (Å²) >= 11 is 0. The summed E-state index contributed by atoms with van der Waals surface area (Å²) in [5.41, 5.74) is 0. The van der Waals surface area contributed by atoms with Gasteiger partial charge in [-0.25, -0.2) is 0 Å². The van der Waals surface area contributed by atoms with E-state index in [0.29, 0.717) is 0 Å². The Hall–Kier alpha value is 1.40. The van der Waals surface area contributed by atoms with Gasteiger partial charge >= 0.3 is 51.4 Å². The summed E-state index contributed by atoms with van der Waals surface area (Å²) in [6.07, 6.45) is 0. The van der Waals surface area contributed by atoms with E-state index in [9.17, 15) is 0 Å². The van der Waals surface area contributed by atoms with Crippen LogP contribution in [-0.4, -0.2) is 11.6 Å². The Kier molecular flexibility index (Phi) is 58.7. The van der Waals surface area contributed by atoms with Gasteiger partial charge in [0.05, 0.1) is 0 Å². The largest absolute Gasteiger partial charge is 1.00 e. The molecular weight excluding hydrogens is 119 g/mol. The Balaban J connectivity index is -0.0000000200. The zero-order chi connectivity index (χ0) is 2.71. The molecule has 0 saturated heterocycles. The summed E-state index contributed by atoms with van der Waals surface area (Å²) in [6, 6.07) is 0. The van der Waals surface area contributed by atoms with Crippen molar-refractivity contribution < 1.29 is 73.7 Å². The Morgan fingerprint density at radius 2 is 1.60 bits per heavy atom. The number of carbonyl (C=O) groups is 1. The van der Waals surface area contributed by atoms with Crippen molar-refractivity contribution in [1.82, 2.24) is 0 Å². The molecule has 1 N–H and O–H groups in total. The second kappa shape index (κ2) is 18.2.